The molecule has 0 unspecified atom stereocenters. The van der Waals surface area contributed by atoms with Crippen LogP contribution in [0.15, 0.2) is 41.1 Å². The van der Waals surface area contributed by atoms with Crippen molar-refractivity contribution in [1.29, 1.82) is 0 Å². The summed E-state index contributed by atoms with van der Waals surface area (Å²) in [5, 5.41) is 7.96. The van der Waals surface area contributed by atoms with Gasteiger partial charge in [-0.25, -0.2) is 9.50 Å². The van der Waals surface area contributed by atoms with Crippen LogP contribution in [0.5, 0.6) is 0 Å². The van der Waals surface area contributed by atoms with Crippen molar-refractivity contribution in [3.05, 3.63) is 52.4 Å². The number of fused-ring (bicyclic) bond motifs is 2. The Kier molecular flexibility index (Phi) is 4.66. The molecule has 6 nitrogen and oxygen atoms in total. The van der Waals surface area contributed by atoms with E-state index in [1.165, 1.54) is 11.3 Å². The van der Waals surface area contributed by atoms with Crippen molar-refractivity contribution < 1.29 is 0 Å². The van der Waals surface area contributed by atoms with Crippen LogP contribution in [0.3, 0.4) is 0 Å². The Morgan fingerprint density at radius 2 is 1.96 bits per heavy atom. The van der Waals surface area contributed by atoms with E-state index in [4.69, 9.17) is 10.7 Å². The maximum absolute atomic E-state index is 6.84. The summed E-state index contributed by atoms with van der Waals surface area (Å²) in [4.78, 5) is 7.37. The fourth-order valence-corrected chi connectivity index (χ4v) is 4.92. The van der Waals surface area contributed by atoms with E-state index in [1.54, 1.807) is 0 Å². The van der Waals surface area contributed by atoms with E-state index >= 15 is 0 Å². The highest BCUT2D eigenvalue weighted by Gasteiger charge is 2.51. The molecule has 3 aromatic rings. The number of para-hydroxylation sites is 1. The third kappa shape index (κ3) is 2.52. The summed E-state index contributed by atoms with van der Waals surface area (Å²) in [6, 6.07) is 10.5. The molecule has 2 aromatic heterocycles. The zero-order valence-corrected chi connectivity index (χ0v) is 17.4. The number of halogens is 2. The minimum atomic E-state index is -0.160. The van der Waals surface area contributed by atoms with Crippen LogP contribution in [-0.4, -0.2) is 33.2 Å². The number of hydrogen-bond acceptors (Lipinski definition) is 5. The van der Waals surface area contributed by atoms with Crippen molar-refractivity contribution in [2.45, 2.75) is 31.3 Å². The standard InChI is InChI=1S/C19H21BrN6.ClH/c1-12-17(20)26-15(6-9-23-26)18(24-12)25-14-5-3-2-4-13(14)16(21)19(25)7-10-22-11-8-19;/h2-6,9,16,22H,7-8,10-11,21H2,1H3;1H/t16-;/m1./s1. The first-order valence-electron chi connectivity index (χ1n) is 8.99. The number of piperidine rings is 1. The van der Waals surface area contributed by atoms with Gasteiger partial charge in [0.1, 0.15) is 10.1 Å². The van der Waals surface area contributed by atoms with E-state index in [9.17, 15) is 0 Å². The first-order chi connectivity index (χ1) is 12.6. The van der Waals surface area contributed by atoms with E-state index < -0.39 is 0 Å². The second-order valence-electron chi connectivity index (χ2n) is 7.17. The Morgan fingerprint density at radius 3 is 2.74 bits per heavy atom. The van der Waals surface area contributed by atoms with Gasteiger partial charge in [0, 0.05) is 5.69 Å². The highest BCUT2D eigenvalue weighted by molar-refractivity contribution is 9.10. The van der Waals surface area contributed by atoms with Crippen molar-refractivity contribution in [3.63, 3.8) is 0 Å². The van der Waals surface area contributed by atoms with Crippen molar-refractivity contribution >= 4 is 45.4 Å². The number of rotatable bonds is 1. The van der Waals surface area contributed by atoms with Crippen molar-refractivity contribution in [2.24, 2.45) is 5.73 Å². The summed E-state index contributed by atoms with van der Waals surface area (Å²) in [7, 11) is 0. The average molecular weight is 450 g/mol. The Bertz CT molecular complexity index is 997. The van der Waals surface area contributed by atoms with E-state index in [-0.39, 0.29) is 24.0 Å². The number of hydrogen-bond donors (Lipinski definition) is 2. The van der Waals surface area contributed by atoms with Crippen LogP contribution < -0.4 is 16.0 Å². The van der Waals surface area contributed by atoms with Gasteiger partial charge < -0.3 is 16.0 Å². The molecule has 0 saturated carbocycles. The molecule has 1 fully saturated rings. The maximum atomic E-state index is 6.84. The minimum absolute atomic E-state index is 0. The molecular weight excluding hydrogens is 428 g/mol. The second kappa shape index (κ2) is 6.74. The SMILES string of the molecule is Cc1nc(N2c3ccccc3[C@@H](N)C23CCNCC3)c2ccnn2c1Br.Cl. The van der Waals surface area contributed by atoms with E-state index in [0.717, 1.165) is 47.6 Å². The Hall–Kier alpha value is -1.67. The summed E-state index contributed by atoms with van der Waals surface area (Å²) in [5.74, 6) is 0.936. The monoisotopic (exact) mass is 448 g/mol. The summed E-state index contributed by atoms with van der Waals surface area (Å²) in [6.07, 6.45) is 3.79. The average Bonchev–Trinajstić information content (AvgIpc) is 3.24. The molecule has 8 heteroatoms. The summed E-state index contributed by atoms with van der Waals surface area (Å²) < 4.78 is 2.80. The fraction of sp³-hybridized carbons (Fsp3) is 0.368. The minimum Gasteiger partial charge on any atom is -0.322 e. The molecule has 1 aromatic carbocycles. The number of anilines is 2. The molecule has 0 bridgehead atoms. The normalized spacial score (nSPS) is 20.7. The number of aromatic nitrogens is 3. The summed E-state index contributed by atoms with van der Waals surface area (Å²) in [6.45, 7) is 3.93. The van der Waals surface area contributed by atoms with Crippen LogP contribution in [0, 0.1) is 6.92 Å². The molecule has 2 aliphatic heterocycles. The largest absolute Gasteiger partial charge is 0.322 e. The highest BCUT2D eigenvalue weighted by atomic mass is 79.9. The number of benzene rings is 1. The fourth-order valence-electron chi connectivity index (χ4n) is 4.55. The molecule has 27 heavy (non-hydrogen) atoms. The van der Waals surface area contributed by atoms with Gasteiger partial charge in [-0.1, -0.05) is 18.2 Å². The zero-order valence-electron chi connectivity index (χ0n) is 15.0. The molecule has 0 amide bonds. The maximum Gasteiger partial charge on any atom is 0.160 e. The van der Waals surface area contributed by atoms with Gasteiger partial charge in [-0.2, -0.15) is 5.10 Å². The van der Waals surface area contributed by atoms with Gasteiger partial charge in [0.15, 0.2) is 5.82 Å². The second-order valence-corrected chi connectivity index (χ2v) is 7.92. The molecular formula is C19H22BrClN6. The van der Waals surface area contributed by atoms with Crippen molar-refractivity contribution in [1.82, 2.24) is 19.9 Å². The van der Waals surface area contributed by atoms with Gasteiger partial charge in [0.05, 0.1) is 23.5 Å². The van der Waals surface area contributed by atoms with Gasteiger partial charge in [-0.3, -0.25) is 0 Å². The number of nitrogens with zero attached hydrogens (tertiary/aromatic N) is 4. The van der Waals surface area contributed by atoms with Crippen LogP contribution >= 0.6 is 28.3 Å². The Labute approximate surface area is 172 Å². The molecule has 1 spiro atoms. The van der Waals surface area contributed by atoms with Gasteiger partial charge in [0.25, 0.3) is 0 Å². The molecule has 5 rings (SSSR count). The predicted molar refractivity (Wildman–Crippen MR) is 113 cm³/mol. The lowest BCUT2D eigenvalue weighted by Gasteiger charge is -2.45. The lowest BCUT2D eigenvalue weighted by molar-refractivity contribution is 0.274. The van der Waals surface area contributed by atoms with E-state index in [1.807, 2.05) is 23.7 Å². The quantitative estimate of drug-likeness (QED) is 0.595. The molecule has 2 aliphatic rings. The van der Waals surface area contributed by atoms with Crippen LogP contribution in [0.4, 0.5) is 11.5 Å². The van der Waals surface area contributed by atoms with Crippen LogP contribution in [0.1, 0.15) is 30.1 Å². The lowest BCUT2D eigenvalue weighted by Crippen LogP contribution is -2.55. The first kappa shape index (κ1) is 18.7. The molecule has 1 saturated heterocycles. The van der Waals surface area contributed by atoms with Gasteiger partial charge in [0.2, 0.25) is 0 Å². The van der Waals surface area contributed by atoms with Gasteiger partial charge in [-0.15, -0.1) is 12.4 Å². The lowest BCUT2D eigenvalue weighted by atomic mass is 9.80. The summed E-state index contributed by atoms with van der Waals surface area (Å²) in [5.41, 5.74) is 11.0. The van der Waals surface area contributed by atoms with Crippen LogP contribution in [0.25, 0.3) is 5.52 Å². The van der Waals surface area contributed by atoms with Crippen LogP contribution in [-0.2, 0) is 0 Å². The Morgan fingerprint density at radius 1 is 1.22 bits per heavy atom. The Balaban J connectivity index is 0.00000180. The van der Waals surface area contributed by atoms with Crippen LogP contribution in [0.2, 0.25) is 0 Å². The van der Waals surface area contributed by atoms with Gasteiger partial charge >= 0.3 is 0 Å². The third-order valence-electron chi connectivity index (χ3n) is 5.85. The summed E-state index contributed by atoms with van der Waals surface area (Å²) >= 11 is 3.62. The first-order valence-corrected chi connectivity index (χ1v) is 9.78. The van der Waals surface area contributed by atoms with Gasteiger partial charge in [-0.05, 0) is 66.5 Å². The molecule has 0 radical (unpaired) electrons. The smallest absolute Gasteiger partial charge is 0.160 e. The predicted octanol–water partition coefficient (Wildman–Crippen LogP) is 3.50. The molecule has 4 heterocycles. The van der Waals surface area contributed by atoms with Crippen molar-refractivity contribution in [3.8, 4) is 0 Å². The number of nitrogens with one attached hydrogen (secondary N) is 1. The molecule has 1 atom stereocenters. The number of nitrogens with two attached hydrogens (primary N) is 1. The van der Waals surface area contributed by atoms with E-state index in [2.05, 4.69) is 55.5 Å². The van der Waals surface area contributed by atoms with Crippen molar-refractivity contribution in [2.75, 3.05) is 18.0 Å². The number of aryl methyl sites for hydroxylation is 1. The topological polar surface area (TPSA) is 71.5 Å². The van der Waals surface area contributed by atoms with E-state index in [0.29, 0.717) is 0 Å². The third-order valence-corrected chi connectivity index (χ3v) is 6.76. The highest BCUT2D eigenvalue weighted by Crippen LogP contribution is 2.53. The molecule has 142 valence electrons. The molecule has 3 N–H and O–H groups in total. The molecule has 0 aliphatic carbocycles. The zero-order chi connectivity index (χ0) is 17.9.